The predicted octanol–water partition coefficient (Wildman–Crippen LogP) is 1.81. The standard InChI is InChI=1S/C12H23ClN2O/c1-12(2,3)10-11(16)15-8-6-14(5-4-13)7-9-15/h4-10H2,1-3H3. The number of rotatable bonds is 3. The number of carbonyl (C=O) groups excluding carboxylic acids is 1. The molecule has 1 rings (SSSR count). The number of alkyl halides is 1. The monoisotopic (exact) mass is 246 g/mol. The number of halogens is 1. The van der Waals surface area contributed by atoms with E-state index in [-0.39, 0.29) is 11.3 Å². The van der Waals surface area contributed by atoms with Gasteiger partial charge >= 0.3 is 0 Å². The third kappa shape index (κ3) is 4.71. The molecule has 1 aliphatic heterocycles. The number of nitrogens with zero attached hydrogens (tertiary/aromatic N) is 2. The molecule has 1 saturated heterocycles. The van der Waals surface area contributed by atoms with E-state index in [0.717, 1.165) is 32.7 Å². The Morgan fingerprint density at radius 2 is 1.75 bits per heavy atom. The van der Waals surface area contributed by atoms with Crippen molar-refractivity contribution in [3.63, 3.8) is 0 Å². The van der Waals surface area contributed by atoms with Gasteiger partial charge in [0.25, 0.3) is 0 Å². The van der Waals surface area contributed by atoms with Crippen molar-refractivity contribution in [1.82, 2.24) is 9.80 Å². The second kappa shape index (κ2) is 5.87. The zero-order valence-corrected chi connectivity index (χ0v) is 11.4. The number of hydrogen-bond acceptors (Lipinski definition) is 2. The van der Waals surface area contributed by atoms with Gasteiger partial charge in [-0.2, -0.15) is 0 Å². The smallest absolute Gasteiger partial charge is 0.223 e. The fourth-order valence-electron chi connectivity index (χ4n) is 1.91. The molecule has 0 aromatic heterocycles. The topological polar surface area (TPSA) is 23.6 Å². The summed E-state index contributed by atoms with van der Waals surface area (Å²) in [7, 11) is 0. The third-order valence-electron chi connectivity index (χ3n) is 2.81. The Bertz CT molecular complexity index is 230. The molecule has 0 radical (unpaired) electrons. The van der Waals surface area contributed by atoms with Crippen molar-refractivity contribution in [1.29, 1.82) is 0 Å². The van der Waals surface area contributed by atoms with Gasteiger partial charge < -0.3 is 4.90 Å². The maximum Gasteiger partial charge on any atom is 0.223 e. The molecule has 16 heavy (non-hydrogen) atoms. The first kappa shape index (κ1) is 13.8. The summed E-state index contributed by atoms with van der Waals surface area (Å²) in [6.45, 7) is 10.9. The van der Waals surface area contributed by atoms with Gasteiger partial charge in [-0.05, 0) is 5.41 Å². The molecule has 1 heterocycles. The first-order chi connectivity index (χ1) is 7.42. The lowest BCUT2D eigenvalue weighted by molar-refractivity contribution is -0.134. The summed E-state index contributed by atoms with van der Waals surface area (Å²) in [6, 6.07) is 0. The molecule has 0 N–H and O–H groups in total. The van der Waals surface area contributed by atoms with Crippen molar-refractivity contribution < 1.29 is 4.79 Å². The molecule has 0 spiro atoms. The predicted molar refractivity (Wildman–Crippen MR) is 67.8 cm³/mol. The lowest BCUT2D eigenvalue weighted by Gasteiger charge is -2.35. The van der Waals surface area contributed by atoms with E-state index < -0.39 is 0 Å². The van der Waals surface area contributed by atoms with Crippen molar-refractivity contribution in [3.05, 3.63) is 0 Å². The van der Waals surface area contributed by atoms with E-state index in [1.165, 1.54) is 0 Å². The largest absolute Gasteiger partial charge is 0.340 e. The molecule has 0 atom stereocenters. The first-order valence-corrected chi connectivity index (χ1v) is 6.52. The second-order valence-corrected chi connectivity index (χ2v) is 6.03. The van der Waals surface area contributed by atoms with Crippen LogP contribution >= 0.6 is 11.6 Å². The fourth-order valence-corrected chi connectivity index (χ4v) is 2.14. The van der Waals surface area contributed by atoms with Crippen LogP contribution < -0.4 is 0 Å². The van der Waals surface area contributed by atoms with E-state index in [9.17, 15) is 4.79 Å². The molecule has 94 valence electrons. The zero-order chi connectivity index (χ0) is 12.2. The molecule has 3 nitrogen and oxygen atoms in total. The molecule has 0 unspecified atom stereocenters. The molecule has 4 heteroatoms. The van der Waals surface area contributed by atoms with Gasteiger partial charge in [-0.3, -0.25) is 9.69 Å². The normalized spacial score (nSPS) is 18.9. The van der Waals surface area contributed by atoms with Crippen molar-refractivity contribution in [2.75, 3.05) is 38.6 Å². The number of carbonyl (C=O) groups is 1. The Labute approximate surface area is 104 Å². The van der Waals surface area contributed by atoms with Crippen LogP contribution in [0.5, 0.6) is 0 Å². The van der Waals surface area contributed by atoms with E-state index in [2.05, 4.69) is 25.7 Å². The van der Waals surface area contributed by atoms with Gasteiger partial charge in [-0.15, -0.1) is 11.6 Å². The minimum atomic E-state index is 0.0877. The minimum absolute atomic E-state index is 0.0877. The van der Waals surface area contributed by atoms with Gasteiger partial charge in [0.15, 0.2) is 0 Å². The SMILES string of the molecule is CC(C)(C)CC(=O)N1CCN(CCCl)CC1. The highest BCUT2D eigenvalue weighted by molar-refractivity contribution is 6.18. The summed E-state index contributed by atoms with van der Waals surface area (Å²) in [5, 5.41) is 0. The minimum Gasteiger partial charge on any atom is -0.340 e. The van der Waals surface area contributed by atoms with Crippen molar-refractivity contribution in [2.24, 2.45) is 5.41 Å². The maximum atomic E-state index is 12.0. The van der Waals surface area contributed by atoms with Crippen molar-refractivity contribution in [2.45, 2.75) is 27.2 Å². The van der Waals surface area contributed by atoms with Gasteiger partial charge in [-0.1, -0.05) is 20.8 Å². The highest BCUT2D eigenvalue weighted by Crippen LogP contribution is 2.20. The van der Waals surface area contributed by atoms with Crippen molar-refractivity contribution in [3.8, 4) is 0 Å². The van der Waals surface area contributed by atoms with Crippen LogP contribution in [0.25, 0.3) is 0 Å². The fraction of sp³-hybridized carbons (Fsp3) is 0.917. The molecule has 0 aromatic carbocycles. The average Bonchev–Trinajstić information content (AvgIpc) is 2.16. The van der Waals surface area contributed by atoms with Crippen molar-refractivity contribution >= 4 is 17.5 Å². The zero-order valence-electron chi connectivity index (χ0n) is 10.6. The molecule has 1 amide bonds. The molecule has 0 aromatic rings. The summed E-state index contributed by atoms with van der Waals surface area (Å²) in [6.07, 6.45) is 0.641. The Balaban J connectivity index is 2.33. The van der Waals surface area contributed by atoms with Gasteiger partial charge in [0, 0.05) is 45.0 Å². The molecular weight excluding hydrogens is 224 g/mol. The van der Waals surface area contributed by atoms with Gasteiger partial charge in [0.05, 0.1) is 0 Å². The number of piperazine rings is 1. The molecular formula is C12H23ClN2O. The quantitative estimate of drug-likeness (QED) is 0.709. The average molecular weight is 247 g/mol. The Hall–Kier alpha value is -0.280. The number of amides is 1. The summed E-state index contributed by atoms with van der Waals surface area (Å²) in [5.74, 6) is 0.966. The van der Waals surface area contributed by atoms with Gasteiger partial charge in [0.1, 0.15) is 0 Å². The van der Waals surface area contributed by atoms with E-state index >= 15 is 0 Å². The van der Waals surface area contributed by atoms with Gasteiger partial charge in [0.2, 0.25) is 5.91 Å². The lowest BCUT2D eigenvalue weighted by atomic mass is 9.91. The summed E-state index contributed by atoms with van der Waals surface area (Å²) >= 11 is 5.70. The van der Waals surface area contributed by atoms with Crippen LogP contribution in [0.1, 0.15) is 27.2 Å². The first-order valence-electron chi connectivity index (χ1n) is 5.98. The van der Waals surface area contributed by atoms with E-state index in [1.54, 1.807) is 0 Å². The third-order valence-corrected chi connectivity index (χ3v) is 2.98. The van der Waals surface area contributed by atoms with Crippen LogP contribution in [0, 0.1) is 5.41 Å². The summed E-state index contributed by atoms with van der Waals surface area (Å²) in [4.78, 5) is 16.3. The van der Waals surface area contributed by atoms with Crippen LogP contribution in [0.4, 0.5) is 0 Å². The van der Waals surface area contributed by atoms with Crippen LogP contribution in [0.2, 0.25) is 0 Å². The van der Waals surface area contributed by atoms with Crippen LogP contribution in [-0.4, -0.2) is 54.3 Å². The summed E-state index contributed by atoms with van der Waals surface area (Å²) in [5.41, 5.74) is 0.0877. The highest BCUT2D eigenvalue weighted by atomic mass is 35.5. The van der Waals surface area contributed by atoms with Crippen LogP contribution in [0.15, 0.2) is 0 Å². The molecule has 1 aliphatic rings. The molecule has 0 saturated carbocycles. The second-order valence-electron chi connectivity index (χ2n) is 5.65. The van der Waals surface area contributed by atoms with Crippen LogP contribution in [-0.2, 0) is 4.79 Å². The van der Waals surface area contributed by atoms with E-state index in [0.29, 0.717) is 12.3 Å². The Morgan fingerprint density at radius 1 is 1.19 bits per heavy atom. The Morgan fingerprint density at radius 3 is 2.19 bits per heavy atom. The lowest BCUT2D eigenvalue weighted by Crippen LogP contribution is -2.49. The summed E-state index contributed by atoms with van der Waals surface area (Å²) < 4.78 is 0. The van der Waals surface area contributed by atoms with E-state index in [4.69, 9.17) is 11.6 Å². The molecule has 1 fully saturated rings. The molecule has 0 bridgehead atoms. The number of hydrogen-bond donors (Lipinski definition) is 0. The van der Waals surface area contributed by atoms with Gasteiger partial charge in [-0.25, -0.2) is 0 Å². The highest BCUT2D eigenvalue weighted by Gasteiger charge is 2.24. The Kier molecular flexibility index (Phi) is 5.06. The maximum absolute atomic E-state index is 12.0. The van der Waals surface area contributed by atoms with Crippen LogP contribution in [0.3, 0.4) is 0 Å². The van der Waals surface area contributed by atoms with E-state index in [1.807, 2.05) is 4.90 Å². The molecule has 0 aliphatic carbocycles.